The monoisotopic (exact) mass is 522 g/mol. The van der Waals surface area contributed by atoms with Gasteiger partial charge in [0.2, 0.25) is 0 Å². The van der Waals surface area contributed by atoms with Crippen molar-refractivity contribution in [2.45, 2.75) is 30.9 Å². The highest BCUT2D eigenvalue weighted by molar-refractivity contribution is 7.20. The second-order valence-electron chi connectivity index (χ2n) is 8.75. The SMILES string of the molecule is O=C(N[C@H](CN1CCCC1)[C@H](O)c1ccc2c(c1)OCCO2)C(F)(F)c1sc2ccccc2c1Cl. The predicted octanol–water partition coefficient (Wildman–Crippen LogP) is 4.73. The van der Waals surface area contributed by atoms with Gasteiger partial charge in [-0.1, -0.05) is 35.9 Å². The summed E-state index contributed by atoms with van der Waals surface area (Å²) in [5.74, 6) is -4.33. The van der Waals surface area contributed by atoms with Gasteiger partial charge in [0.1, 0.15) is 24.2 Å². The van der Waals surface area contributed by atoms with Crippen LogP contribution in [0.3, 0.4) is 0 Å². The molecule has 3 aromatic rings. The molecule has 0 radical (unpaired) electrons. The topological polar surface area (TPSA) is 71.0 Å². The highest BCUT2D eigenvalue weighted by atomic mass is 35.5. The summed E-state index contributed by atoms with van der Waals surface area (Å²) in [5.41, 5.74) is 0.446. The van der Waals surface area contributed by atoms with Crippen LogP contribution in [0.5, 0.6) is 11.5 Å². The van der Waals surface area contributed by atoms with Crippen molar-refractivity contribution in [3.8, 4) is 11.5 Å². The lowest BCUT2D eigenvalue weighted by molar-refractivity contribution is -0.148. The van der Waals surface area contributed by atoms with Crippen LogP contribution in [0.25, 0.3) is 10.1 Å². The van der Waals surface area contributed by atoms with Gasteiger partial charge in [-0.3, -0.25) is 4.79 Å². The van der Waals surface area contributed by atoms with E-state index in [1.165, 1.54) is 0 Å². The summed E-state index contributed by atoms with van der Waals surface area (Å²) in [6, 6.07) is 10.8. The molecule has 1 fully saturated rings. The molecule has 0 bridgehead atoms. The minimum atomic E-state index is -3.86. The molecule has 5 rings (SSSR count). The number of carbonyl (C=O) groups is 1. The van der Waals surface area contributed by atoms with Gasteiger partial charge in [-0.2, -0.15) is 8.78 Å². The van der Waals surface area contributed by atoms with Crippen molar-refractivity contribution >= 4 is 38.9 Å². The Kier molecular flexibility index (Phi) is 6.85. The Morgan fingerprint density at radius 1 is 1.14 bits per heavy atom. The first-order chi connectivity index (χ1) is 16.8. The fourth-order valence-corrected chi connectivity index (χ4v) is 6.04. The number of ether oxygens (including phenoxy) is 2. The van der Waals surface area contributed by atoms with E-state index in [0.717, 1.165) is 37.3 Å². The van der Waals surface area contributed by atoms with Crippen molar-refractivity contribution in [1.29, 1.82) is 0 Å². The third-order valence-corrected chi connectivity index (χ3v) is 8.11. The first kappa shape index (κ1) is 24.2. The number of amides is 1. The van der Waals surface area contributed by atoms with Crippen molar-refractivity contribution in [2.24, 2.45) is 0 Å². The number of alkyl halides is 2. The van der Waals surface area contributed by atoms with Crippen molar-refractivity contribution < 1.29 is 28.2 Å². The third kappa shape index (κ3) is 4.82. The zero-order valence-corrected chi connectivity index (χ0v) is 20.4. The Labute approximate surface area is 210 Å². The van der Waals surface area contributed by atoms with E-state index in [1.807, 2.05) is 0 Å². The van der Waals surface area contributed by atoms with E-state index in [1.54, 1.807) is 42.5 Å². The Hall–Kier alpha value is -2.46. The van der Waals surface area contributed by atoms with Crippen LogP contribution >= 0.6 is 22.9 Å². The molecule has 1 aromatic heterocycles. The van der Waals surface area contributed by atoms with Gasteiger partial charge in [-0.15, -0.1) is 11.3 Å². The van der Waals surface area contributed by atoms with Crippen LogP contribution in [0, 0.1) is 0 Å². The fourth-order valence-electron chi connectivity index (χ4n) is 4.52. The number of aliphatic hydroxyl groups excluding tert-OH is 1. The second kappa shape index (κ2) is 9.89. The van der Waals surface area contributed by atoms with E-state index in [-0.39, 0.29) is 11.6 Å². The molecule has 1 amide bonds. The smallest absolute Gasteiger partial charge is 0.360 e. The second-order valence-corrected chi connectivity index (χ2v) is 10.2. The van der Waals surface area contributed by atoms with Gasteiger partial charge in [0.15, 0.2) is 11.5 Å². The Balaban J connectivity index is 1.41. The van der Waals surface area contributed by atoms with Gasteiger partial charge in [-0.05, 0) is 49.7 Å². The molecular weight excluding hydrogens is 498 g/mol. The largest absolute Gasteiger partial charge is 0.486 e. The molecule has 2 atom stereocenters. The lowest BCUT2D eigenvalue weighted by atomic mass is 10.0. The first-order valence-electron chi connectivity index (χ1n) is 11.5. The quantitative estimate of drug-likeness (QED) is 0.469. The number of nitrogens with one attached hydrogen (secondary N) is 1. The standard InChI is InChI=1S/C25H25ClF2N2O4S/c26-21-16-5-1-2-6-20(16)35-23(21)25(27,28)24(32)29-17(14-30-9-3-4-10-30)22(31)15-7-8-18-19(13-15)34-12-11-33-18/h1-2,5-8,13,17,22,31H,3-4,9-12,14H2,(H,29,32)/t17-,22-/m1/s1. The molecular formula is C25H25ClF2N2O4S. The number of thiophene rings is 1. The normalized spacial score (nSPS) is 17.9. The van der Waals surface area contributed by atoms with Gasteiger partial charge >= 0.3 is 5.92 Å². The summed E-state index contributed by atoms with van der Waals surface area (Å²) in [5, 5.41) is 14.0. The van der Waals surface area contributed by atoms with E-state index in [4.69, 9.17) is 21.1 Å². The maximum Gasteiger partial charge on any atom is 0.360 e. The van der Waals surface area contributed by atoms with Crippen molar-refractivity contribution in [3.63, 3.8) is 0 Å². The predicted molar refractivity (Wildman–Crippen MR) is 131 cm³/mol. The zero-order valence-electron chi connectivity index (χ0n) is 18.8. The summed E-state index contributed by atoms with van der Waals surface area (Å²) in [4.78, 5) is 14.5. The average Bonchev–Trinajstić information content (AvgIpc) is 3.51. The molecule has 186 valence electrons. The maximum atomic E-state index is 15.4. The van der Waals surface area contributed by atoms with E-state index in [0.29, 0.717) is 40.4 Å². The minimum absolute atomic E-state index is 0.130. The van der Waals surface area contributed by atoms with Crippen LogP contribution in [0.1, 0.15) is 29.4 Å². The molecule has 0 unspecified atom stereocenters. The molecule has 6 nitrogen and oxygen atoms in total. The number of fused-ring (bicyclic) bond motifs is 2. The summed E-state index contributed by atoms with van der Waals surface area (Å²) in [6.07, 6.45) is 0.729. The van der Waals surface area contributed by atoms with Gasteiger partial charge in [0, 0.05) is 16.6 Å². The Bertz CT molecular complexity index is 1230. The molecule has 1 saturated heterocycles. The number of likely N-dealkylation sites (tertiary alicyclic amines) is 1. The van der Waals surface area contributed by atoms with E-state index < -0.39 is 28.9 Å². The van der Waals surface area contributed by atoms with Crippen LogP contribution < -0.4 is 14.8 Å². The first-order valence-corrected chi connectivity index (χ1v) is 12.7. The van der Waals surface area contributed by atoms with E-state index in [9.17, 15) is 9.90 Å². The lowest BCUT2D eigenvalue weighted by Gasteiger charge is -2.30. The van der Waals surface area contributed by atoms with E-state index in [2.05, 4.69) is 10.2 Å². The number of benzene rings is 2. The molecule has 0 spiro atoms. The van der Waals surface area contributed by atoms with Crippen LogP contribution in [0.15, 0.2) is 42.5 Å². The zero-order chi connectivity index (χ0) is 24.6. The van der Waals surface area contributed by atoms with Gasteiger partial charge in [0.25, 0.3) is 5.91 Å². The minimum Gasteiger partial charge on any atom is -0.486 e. The van der Waals surface area contributed by atoms with Crippen molar-refractivity contribution in [3.05, 3.63) is 57.9 Å². The molecule has 2 aliphatic rings. The van der Waals surface area contributed by atoms with Gasteiger partial charge < -0.3 is 24.8 Å². The molecule has 2 aliphatic heterocycles. The Morgan fingerprint density at radius 2 is 1.86 bits per heavy atom. The molecule has 0 aliphatic carbocycles. The average molecular weight is 523 g/mol. The molecule has 0 saturated carbocycles. The molecule has 3 heterocycles. The van der Waals surface area contributed by atoms with Gasteiger partial charge in [-0.25, -0.2) is 0 Å². The molecule has 2 N–H and O–H groups in total. The van der Waals surface area contributed by atoms with E-state index >= 15 is 8.78 Å². The van der Waals surface area contributed by atoms with Gasteiger partial charge in [0.05, 0.1) is 11.1 Å². The molecule has 35 heavy (non-hydrogen) atoms. The van der Waals surface area contributed by atoms with Crippen LogP contribution in [-0.2, 0) is 10.7 Å². The van der Waals surface area contributed by atoms with Crippen molar-refractivity contribution in [1.82, 2.24) is 10.2 Å². The van der Waals surface area contributed by atoms with Crippen LogP contribution in [0.2, 0.25) is 5.02 Å². The fraction of sp³-hybridized carbons (Fsp3) is 0.400. The summed E-state index contributed by atoms with van der Waals surface area (Å²) >= 11 is 7.05. The maximum absolute atomic E-state index is 15.4. The van der Waals surface area contributed by atoms with Crippen molar-refractivity contribution in [2.75, 3.05) is 32.8 Å². The summed E-state index contributed by atoms with van der Waals surface area (Å²) < 4.78 is 42.5. The number of halogens is 3. The Morgan fingerprint density at radius 3 is 2.60 bits per heavy atom. The molecule has 10 heteroatoms. The lowest BCUT2D eigenvalue weighted by Crippen LogP contribution is -2.50. The number of hydrogen-bond donors (Lipinski definition) is 2. The van der Waals surface area contributed by atoms with Crippen LogP contribution in [-0.4, -0.2) is 54.8 Å². The highest BCUT2D eigenvalue weighted by Crippen LogP contribution is 2.44. The number of hydrogen-bond acceptors (Lipinski definition) is 6. The number of aliphatic hydroxyl groups is 1. The number of nitrogens with zero attached hydrogens (tertiary/aromatic N) is 1. The van der Waals surface area contributed by atoms with Crippen LogP contribution in [0.4, 0.5) is 8.78 Å². The highest BCUT2D eigenvalue weighted by Gasteiger charge is 2.46. The third-order valence-electron chi connectivity index (χ3n) is 6.36. The summed E-state index contributed by atoms with van der Waals surface area (Å²) in [6.45, 7) is 2.59. The number of carbonyl (C=O) groups excluding carboxylic acids is 1. The number of rotatable bonds is 7. The summed E-state index contributed by atoms with van der Waals surface area (Å²) in [7, 11) is 0. The molecule has 2 aromatic carbocycles.